The molecule has 0 aliphatic heterocycles. The highest BCUT2D eigenvalue weighted by Gasteiger charge is 2.17. The zero-order chi connectivity index (χ0) is 24.6. The number of rotatable bonds is 8. The van der Waals surface area contributed by atoms with Crippen LogP contribution in [0, 0.1) is 6.92 Å². The molecule has 9 heteroatoms. The predicted molar refractivity (Wildman–Crippen MR) is 144 cm³/mol. The molecule has 6 nitrogen and oxygen atoms in total. The Balaban J connectivity index is 1.47. The average molecular weight is 522 g/mol. The van der Waals surface area contributed by atoms with E-state index in [4.69, 9.17) is 23.2 Å². The molecule has 0 aliphatic rings. The zero-order valence-electron chi connectivity index (χ0n) is 18.7. The van der Waals surface area contributed by atoms with Crippen molar-refractivity contribution in [1.29, 1.82) is 0 Å². The van der Waals surface area contributed by atoms with E-state index in [1.54, 1.807) is 18.2 Å². The van der Waals surface area contributed by atoms with Crippen LogP contribution in [0.1, 0.15) is 11.1 Å². The van der Waals surface area contributed by atoms with Crippen LogP contribution in [0.5, 0.6) is 0 Å². The van der Waals surface area contributed by atoms with E-state index in [9.17, 15) is 4.79 Å². The lowest BCUT2D eigenvalue weighted by atomic mass is 10.2. The highest BCUT2D eigenvalue weighted by Crippen LogP contribution is 2.28. The number of thioether (sulfide) groups is 1. The second-order valence-electron chi connectivity index (χ2n) is 7.51. The number of benzene rings is 3. The van der Waals surface area contributed by atoms with Crippen LogP contribution in [0.25, 0.3) is 23.2 Å². The number of hydrogen-bond acceptors (Lipinski definition) is 5. The molecule has 1 N–H and O–H groups in total. The number of nitrogens with zero attached hydrogens (tertiary/aromatic N) is 4. The summed E-state index contributed by atoms with van der Waals surface area (Å²) in [6, 6.07) is 25.0. The van der Waals surface area contributed by atoms with Gasteiger partial charge in [0.1, 0.15) is 0 Å². The smallest absolute Gasteiger partial charge is 0.250 e. The molecule has 0 unspecified atom stereocenters. The molecular weight excluding hydrogens is 501 g/mol. The molecule has 0 aliphatic carbocycles. The maximum Gasteiger partial charge on any atom is 0.250 e. The molecule has 0 bridgehead atoms. The van der Waals surface area contributed by atoms with Gasteiger partial charge in [0, 0.05) is 16.3 Å². The fourth-order valence-corrected chi connectivity index (χ4v) is 4.20. The summed E-state index contributed by atoms with van der Waals surface area (Å²) in [5, 5.41) is 14.3. The summed E-state index contributed by atoms with van der Waals surface area (Å²) >= 11 is 13.5. The largest absolute Gasteiger partial charge is 0.272 e. The summed E-state index contributed by atoms with van der Waals surface area (Å²) in [6.45, 7) is 2.03. The van der Waals surface area contributed by atoms with E-state index in [0.29, 0.717) is 21.0 Å². The van der Waals surface area contributed by atoms with Gasteiger partial charge in [-0.25, -0.2) is 5.43 Å². The van der Waals surface area contributed by atoms with E-state index >= 15 is 0 Å². The highest BCUT2D eigenvalue weighted by atomic mass is 35.5. The first kappa shape index (κ1) is 24.7. The number of hydrogen-bond donors (Lipinski definition) is 1. The molecule has 0 fully saturated rings. The van der Waals surface area contributed by atoms with Gasteiger partial charge in [-0.1, -0.05) is 83.0 Å². The molecule has 0 radical (unpaired) electrons. The van der Waals surface area contributed by atoms with Gasteiger partial charge >= 0.3 is 0 Å². The van der Waals surface area contributed by atoms with Crippen LogP contribution < -0.4 is 5.43 Å². The molecule has 1 heterocycles. The minimum Gasteiger partial charge on any atom is -0.272 e. The summed E-state index contributed by atoms with van der Waals surface area (Å²) < 4.78 is 1.92. The first-order valence-corrected chi connectivity index (χ1v) is 12.4. The van der Waals surface area contributed by atoms with Crippen LogP contribution in [0.3, 0.4) is 0 Å². The van der Waals surface area contributed by atoms with Gasteiger partial charge in [-0.15, -0.1) is 10.2 Å². The summed E-state index contributed by atoms with van der Waals surface area (Å²) in [5.41, 5.74) is 6.33. The number of nitrogens with one attached hydrogen (secondary N) is 1. The van der Waals surface area contributed by atoms with Crippen molar-refractivity contribution >= 4 is 53.2 Å². The third-order valence-electron chi connectivity index (χ3n) is 4.84. The van der Waals surface area contributed by atoms with Gasteiger partial charge in [-0.05, 0) is 55.0 Å². The van der Waals surface area contributed by atoms with Gasteiger partial charge in [0.2, 0.25) is 0 Å². The van der Waals surface area contributed by atoms with Crippen LogP contribution in [0.4, 0.5) is 0 Å². The Morgan fingerprint density at radius 2 is 1.74 bits per heavy atom. The Labute approximate surface area is 217 Å². The zero-order valence-corrected chi connectivity index (χ0v) is 21.1. The number of aromatic nitrogens is 3. The number of hydrazone groups is 1. The molecule has 176 valence electrons. The summed E-state index contributed by atoms with van der Waals surface area (Å²) in [6.07, 6.45) is 3.15. The van der Waals surface area contributed by atoms with E-state index in [1.165, 1.54) is 18.0 Å². The molecular formula is C26H21Cl2N5OS. The lowest BCUT2D eigenvalue weighted by Gasteiger charge is -2.10. The van der Waals surface area contributed by atoms with Crippen LogP contribution in [-0.2, 0) is 4.79 Å². The van der Waals surface area contributed by atoms with Crippen molar-refractivity contribution in [2.24, 2.45) is 5.10 Å². The maximum absolute atomic E-state index is 12.4. The number of amides is 1. The van der Waals surface area contributed by atoms with Gasteiger partial charge in [0.05, 0.1) is 17.0 Å². The van der Waals surface area contributed by atoms with Crippen molar-refractivity contribution in [1.82, 2.24) is 20.2 Å². The highest BCUT2D eigenvalue weighted by molar-refractivity contribution is 7.99. The Morgan fingerprint density at radius 3 is 2.46 bits per heavy atom. The van der Waals surface area contributed by atoms with Crippen LogP contribution in [0.15, 0.2) is 94.2 Å². The SMILES string of the molecule is Cc1ccc(-n2c(SCC(=O)N/N=C\C(Cl)=C\c3ccccc3)nnc2-c2ccc(Cl)cc2)cc1. The van der Waals surface area contributed by atoms with E-state index < -0.39 is 0 Å². The topological polar surface area (TPSA) is 72.2 Å². The third-order valence-corrected chi connectivity index (χ3v) is 6.23. The normalized spacial score (nSPS) is 11.7. The molecule has 1 aromatic heterocycles. The quantitative estimate of drug-likeness (QED) is 0.166. The lowest BCUT2D eigenvalue weighted by Crippen LogP contribution is -2.19. The van der Waals surface area contributed by atoms with Crippen molar-refractivity contribution < 1.29 is 4.79 Å². The van der Waals surface area contributed by atoms with E-state index in [1.807, 2.05) is 78.2 Å². The fraction of sp³-hybridized carbons (Fsp3) is 0.0769. The van der Waals surface area contributed by atoms with Gasteiger partial charge in [0.25, 0.3) is 5.91 Å². The third kappa shape index (κ3) is 6.82. The van der Waals surface area contributed by atoms with Gasteiger partial charge in [-0.2, -0.15) is 5.10 Å². The molecule has 1 amide bonds. The fourth-order valence-electron chi connectivity index (χ4n) is 3.15. The Kier molecular flexibility index (Phi) is 8.36. The number of carbonyl (C=O) groups is 1. The lowest BCUT2D eigenvalue weighted by molar-refractivity contribution is -0.118. The van der Waals surface area contributed by atoms with Crippen LogP contribution in [0.2, 0.25) is 5.02 Å². The average Bonchev–Trinajstić information content (AvgIpc) is 3.28. The number of halogens is 2. The minimum atomic E-state index is -0.290. The van der Waals surface area contributed by atoms with Crippen molar-refractivity contribution in [2.45, 2.75) is 12.1 Å². The van der Waals surface area contributed by atoms with Crippen molar-refractivity contribution in [3.63, 3.8) is 0 Å². The van der Waals surface area contributed by atoms with Crippen molar-refractivity contribution in [2.75, 3.05) is 5.75 Å². The van der Waals surface area contributed by atoms with Crippen molar-refractivity contribution in [3.05, 3.63) is 100 Å². The minimum absolute atomic E-state index is 0.0992. The van der Waals surface area contributed by atoms with Crippen molar-refractivity contribution in [3.8, 4) is 17.1 Å². The number of aryl methyl sites for hydroxylation is 1. The predicted octanol–water partition coefficient (Wildman–Crippen LogP) is 6.37. The van der Waals surface area contributed by atoms with Gasteiger partial charge < -0.3 is 0 Å². The van der Waals surface area contributed by atoms with E-state index in [0.717, 1.165) is 22.4 Å². The Hall–Kier alpha value is -3.39. The molecule has 4 aromatic rings. The Bertz CT molecular complexity index is 1350. The molecule has 4 rings (SSSR count). The first-order chi connectivity index (χ1) is 17.0. The number of allylic oxidation sites excluding steroid dienone is 1. The monoisotopic (exact) mass is 521 g/mol. The molecule has 3 aromatic carbocycles. The molecule has 0 saturated carbocycles. The van der Waals surface area contributed by atoms with Gasteiger partial charge in [0.15, 0.2) is 11.0 Å². The summed E-state index contributed by atoms with van der Waals surface area (Å²) in [4.78, 5) is 12.4. The summed E-state index contributed by atoms with van der Waals surface area (Å²) in [7, 11) is 0. The van der Waals surface area contributed by atoms with Crippen LogP contribution >= 0.6 is 35.0 Å². The Morgan fingerprint density at radius 1 is 1.03 bits per heavy atom. The molecule has 0 saturated heterocycles. The molecule has 0 atom stereocenters. The molecule has 0 spiro atoms. The summed E-state index contributed by atoms with van der Waals surface area (Å²) in [5.74, 6) is 0.466. The standard InChI is InChI=1S/C26H21Cl2N5OS/c1-18-7-13-23(14-8-18)33-25(20-9-11-21(27)12-10-20)31-32-26(33)35-17-24(34)30-29-16-22(28)15-19-5-3-2-4-6-19/h2-16H,17H2,1H3,(H,30,34)/b22-15-,29-16-. The number of carbonyl (C=O) groups excluding carboxylic acids is 1. The second kappa shape index (κ2) is 11.8. The first-order valence-electron chi connectivity index (χ1n) is 10.6. The van der Waals surface area contributed by atoms with E-state index in [-0.39, 0.29) is 11.7 Å². The maximum atomic E-state index is 12.4. The molecule has 35 heavy (non-hydrogen) atoms. The van der Waals surface area contributed by atoms with Gasteiger partial charge in [-0.3, -0.25) is 9.36 Å². The second-order valence-corrected chi connectivity index (χ2v) is 9.32. The van der Waals surface area contributed by atoms with Crippen LogP contribution in [-0.4, -0.2) is 32.6 Å². The van der Waals surface area contributed by atoms with E-state index in [2.05, 4.69) is 20.7 Å².